The molecule has 0 aliphatic rings. The van der Waals surface area contributed by atoms with E-state index in [0.717, 1.165) is 16.7 Å². The summed E-state index contributed by atoms with van der Waals surface area (Å²) in [4.78, 5) is 21.8. The summed E-state index contributed by atoms with van der Waals surface area (Å²) in [5, 5.41) is 20.2. The molecule has 2 aromatic rings. The second-order valence-electron chi connectivity index (χ2n) is 5.37. The molecule has 5 nitrogen and oxygen atoms in total. The zero-order valence-corrected chi connectivity index (χ0v) is 12.4. The van der Waals surface area contributed by atoms with Crippen LogP contribution < -0.4 is 0 Å². The van der Waals surface area contributed by atoms with Crippen LogP contribution in [0.4, 0.5) is 5.69 Å². The second kappa shape index (κ2) is 6.39. The summed E-state index contributed by atoms with van der Waals surface area (Å²) in [6.45, 7) is 3.91. The van der Waals surface area contributed by atoms with Crippen LogP contribution in [-0.4, -0.2) is 16.0 Å². The van der Waals surface area contributed by atoms with Crippen molar-refractivity contribution in [2.75, 3.05) is 0 Å². The molecule has 0 amide bonds. The van der Waals surface area contributed by atoms with Crippen molar-refractivity contribution in [3.05, 3.63) is 74.8 Å². The summed E-state index contributed by atoms with van der Waals surface area (Å²) in [5.74, 6) is -1.66. The monoisotopic (exact) mass is 299 g/mol. The number of nitro benzene ring substituents is 1. The third-order valence-electron chi connectivity index (χ3n) is 3.73. The maximum absolute atomic E-state index is 11.6. The van der Waals surface area contributed by atoms with Gasteiger partial charge in [0.05, 0.1) is 10.8 Å². The van der Waals surface area contributed by atoms with Crippen molar-refractivity contribution in [2.45, 2.75) is 26.2 Å². The van der Waals surface area contributed by atoms with Crippen molar-refractivity contribution in [3.8, 4) is 0 Å². The molecule has 0 heterocycles. The Kier molecular flexibility index (Phi) is 4.56. The van der Waals surface area contributed by atoms with Crippen LogP contribution >= 0.6 is 0 Å². The number of hydrogen-bond donors (Lipinski definition) is 1. The predicted octanol–water partition coefficient (Wildman–Crippen LogP) is 3.62. The van der Waals surface area contributed by atoms with E-state index >= 15 is 0 Å². The highest BCUT2D eigenvalue weighted by Gasteiger charge is 2.22. The first kappa shape index (κ1) is 15.7. The van der Waals surface area contributed by atoms with Gasteiger partial charge in [-0.25, -0.2) is 0 Å². The first-order valence-electron chi connectivity index (χ1n) is 6.92. The van der Waals surface area contributed by atoms with Gasteiger partial charge < -0.3 is 5.11 Å². The SMILES string of the molecule is Cc1ccc(C)c(CC(C(=O)O)c2ccc([N+](=O)[O-])cc2)c1. The molecule has 1 unspecified atom stereocenters. The number of non-ortho nitro benzene ring substituents is 1. The molecule has 0 aliphatic heterocycles. The van der Waals surface area contributed by atoms with Crippen LogP contribution in [0.1, 0.15) is 28.2 Å². The number of rotatable bonds is 5. The van der Waals surface area contributed by atoms with Gasteiger partial charge in [-0.3, -0.25) is 14.9 Å². The molecule has 0 spiro atoms. The number of aliphatic carboxylic acids is 1. The van der Waals surface area contributed by atoms with Crippen LogP contribution in [0.15, 0.2) is 42.5 Å². The topological polar surface area (TPSA) is 80.4 Å². The normalized spacial score (nSPS) is 11.9. The lowest BCUT2D eigenvalue weighted by molar-refractivity contribution is -0.384. The minimum atomic E-state index is -0.935. The Bertz CT molecular complexity index is 707. The van der Waals surface area contributed by atoms with Gasteiger partial charge in [0, 0.05) is 12.1 Å². The maximum Gasteiger partial charge on any atom is 0.311 e. The number of benzene rings is 2. The molecule has 0 saturated carbocycles. The summed E-state index contributed by atoms with van der Waals surface area (Å²) in [6, 6.07) is 11.7. The lowest BCUT2D eigenvalue weighted by Gasteiger charge is -2.15. The molecule has 5 heteroatoms. The Morgan fingerprint density at radius 1 is 1.18 bits per heavy atom. The number of nitrogens with zero attached hydrogens (tertiary/aromatic N) is 1. The first-order valence-corrected chi connectivity index (χ1v) is 6.92. The second-order valence-corrected chi connectivity index (χ2v) is 5.37. The Hall–Kier alpha value is -2.69. The summed E-state index contributed by atoms with van der Waals surface area (Å²) in [7, 11) is 0. The molecule has 0 aliphatic carbocycles. The van der Waals surface area contributed by atoms with Gasteiger partial charge in [0.15, 0.2) is 0 Å². The van der Waals surface area contributed by atoms with Crippen LogP contribution in [0.25, 0.3) is 0 Å². The highest BCUT2D eigenvalue weighted by molar-refractivity contribution is 5.76. The van der Waals surface area contributed by atoms with Crippen molar-refractivity contribution in [1.29, 1.82) is 0 Å². The first-order chi connectivity index (χ1) is 10.4. The number of hydrogen-bond acceptors (Lipinski definition) is 3. The van der Waals surface area contributed by atoms with Crippen LogP contribution in [0.3, 0.4) is 0 Å². The minimum Gasteiger partial charge on any atom is -0.481 e. The van der Waals surface area contributed by atoms with E-state index in [2.05, 4.69) is 0 Å². The van der Waals surface area contributed by atoms with E-state index in [1.807, 2.05) is 32.0 Å². The van der Waals surface area contributed by atoms with Gasteiger partial charge in [0.25, 0.3) is 5.69 Å². The number of carboxylic acid groups (broad SMARTS) is 1. The average Bonchev–Trinajstić information content (AvgIpc) is 2.48. The molecule has 1 atom stereocenters. The Morgan fingerprint density at radius 3 is 2.36 bits per heavy atom. The van der Waals surface area contributed by atoms with E-state index < -0.39 is 16.8 Å². The number of aryl methyl sites for hydroxylation is 2. The zero-order chi connectivity index (χ0) is 16.3. The summed E-state index contributed by atoms with van der Waals surface area (Å²) in [6.07, 6.45) is 0.362. The van der Waals surface area contributed by atoms with E-state index in [-0.39, 0.29) is 5.69 Å². The van der Waals surface area contributed by atoms with Crippen LogP contribution in [0.5, 0.6) is 0 Å². The molecule has 2 rings (SSSR count). The third-order valence-corrected chi connectivity index (χ3v) is 3.73. The Morgan fingerprint density at radius 2 is 1.82 bits per heavy atom. The molecule has 0 fully saturated rings. The van der Waals surface area contributed by atoms with E-state index in [0.29, 0.717) is 12.0 Å². The summed E-state index contributed by atoms with van der Waals surface area (Å²) in [5.41, 5.74) is 3.62. The largest absolute Gasteiger partial charge is 0.481 e. The van der Waals surface area contributed by atoms with Crippen molar-refractivity contribution < 1.29 is 14.8 Å². The third kappa shape index (κ3) is 3.49. The molecule has 0 radical (unpaired) electrons. The highest BCUT2D eigenvalue weighted by Crippen LogP contribution is 2.25. The van der Waals surface area contributed by atoms with E-state index in [1.54, 1.807) is 0 Å². The van der Waals surface area contributed by atoms with Gasteiger partial charge in [-0.05, 0) is 37.0 Å². The van der Waals surface area contributed by atoms with Gasteiger partial charge in [-0.15, -0.1) is 0 Å². The lowest BCUT2D eigenvalue weighted by Crippen LogP contribution is -2.15. The maximum atomic E-state index is 11.6. The van der Waals surface area contributed by atoms with Gasteiger partial charge in [-0.1, -0.05) is 35.9 Å². The van der Waals surface area contributed by atoms with E-state index in [1.165, 1.54) is 24.3 Å². The molecule has 22 heavy (non-hydrogen) atoms. The van der Waals surface area contributed by atoms with Gasteiger partial charge in [-0.2, -0.15) is 0 Å². The molecule has 0 bridgehead atoms. The minimum absolute atomic E-state index is 0.0420. The summed E-state index contributed by atoms with van der Waals surface area (Å²) < 4.78 is 0. The Balaban J connectivity index is 2.32. The van der Waals surface area contributed by atoms with Crippen LogP contribution in [-0.2, 0) is 11.2 Å². The molecule has 0 saturated heterocycles. The van der Waals surface area contributed by atoms with Crippen molar-refractivity contribution in [2.24, 2.45) is 0 Å². The molecule has 1 N–H and O–H groups in total. The summed E-state index contributed by atoms with van der Waals surface area (Å²) >= 11 is 0. The number of nitro groups is 1. The predicted molar refractivity (Wildman–Crippen MR) is 83.1 cm³/mol. The van der Waals surface area contributed by atoms with Crippen LogP contribution in [0, 0.1) is 24.0 Å². The van der Waals surface area contributed by atoms with Crippen molar-refractivity contribution >= 4 is 11.7 Å². The zero-order valence-electron chi connectivity index (χ0n) is 12.4. The fraction of sp³-hybridized carbons (Fsp3) is 0.235. The fourth-order valence-corrected chi connectivity index (χ4v) is 2.42. The van der Waals surface area contributed by atoms with E-state index in [4.69, 9.17) is 0 Å². The molecule has 114 valence electrons. The smallest absolute Gasteiger partial charge is 0.311 e. The van der Waals surface area contributed by atoms with Crippen molar-refractivity contribution in [3.63, 3.8) is 0 Å². The molecular weight excluding hydrogens is 282 g/mol. The molecule has 0 aromatic heterocycles. The molecular formula is C17H17NO4. The van der Waals surface area contributed by atoms with Gasteiger partial charge in [0.1, 0.15) is 0 Å². The number of carboxylic acids is 1. The van der Waals surface area contributed by atoms with Gasteiger partial charge in [0.2, 0.25) is 0 Å². The number of carbonyl (C=O) groups is 1. The highest BCUT2D eigenvalue weighted by atomic mass is 16.6. The van der Waals surface area contributed by atoms with Crippen LogP contribution in [0.2, 0.25) is 0 Å². The Labute approximate surface area is 128 Å². The quantitative estimate of drug-likeness (QED) is 0.675. The fourth-order valence-electron chi connectivity index (χ4n) is 2.42. The standard InChI is InChI=1S/C17H17NO4/c1-11-3-4-12(2)14(9-11)10-16(17(19)20)13-5-7-15(8-6-13)18(21)22/h3-9,16H,10H2,1-2H3,(H,19,20). The molecule has 2 aromatic carbocycles. The van der Waals surface area contributed by atoms with E-state index in [9.17, 15) is 20.0 Å². The lowest BCUT2D eigenvalue weighted by atomic mass is 9.89. The van der Waals surface area contributed by atoms with Crippen molar-refractivity contribution in [1.82, 2.24) is 0 Å². The average molecular weight is 299 g/mol. The van der Waals surface area contributed by atoms with Gasteiger partial charge >= 0.3 is 5.97 Å².